The van der Waals surface area contributed by atoms with Gasteiger partial charge in [-0.25, -0.2) is 4.99 Å². The average molecular weight is 362 g/mol. The van der Waals surface area contributed by atoms with Gasteiger partial charge in [0.1, 0.15) is 0 Å². The van der Waals surface area contributed by atoms with Gasteiger partial charge in [-0.15, -0.1) is 0 Å². The van der Waals surface area contributed by atoms with Crippen molar-refractivity contribution in [3.8, 4) is 0 Å². The molecule has 1 N–H and O–H groups in total. The van der Waals surface area contributed by atoms with E-state index in [4.69, 9.17) is 4.99 Å². The number of nitrogens with one attached hydrogen (secondary N) is 1. The van der Waals surface area contributed by atoms with E-state index in [1.807, 2.05) is 6.07 Å². The third-order valence-electron chi connectivity index (χ3n) is 5.60. The molecule has 1 heterocycles. The molecule has 1 aliphatic heterocycles. The molecule has 4 aromatic carbocycles. The molecule has 0 amide bonds. The number of benzene rings is 4. The Morgan fingerprint density at radius 1 is 0.714 bits per heavy atom. The van der Waals surface area contributed by atoms with Crippen LogP contribution in [0.1, 0.15) is 25.0 Å². The molecule has 0 radical (unpaired) electrons. The molecule has 4 aromatic rings. The van der Waals surface area contributed by atoms with Crippen LogP contribution in [-0.4, -0.2) is 5.71 Å². The van der Waals surface area contributed by atoms with Gasteiger partial charge in [-0.2, -0.15) is 0 Å². The van der Waals surface area contributed by atoms with Crippen LogP contribution >= 0.6 is 0 Å². The molecule has 0 aromatic heterocycles. The number of rotatable bonds is 3. The Hall–Kier alpha value is -3.39. The number of anilines is 2. The van der Waals surface area contributed by atoms with Crippen molar-refractivity contribution < 1.29 is 0 Å². The molecule has 0 aliphatic carbocycles. The predicted octanol–water partition coefficient (Wildman–Crippen LogP) is 7.00. The normalized spacial score (nSPS) is 14.6. The van der Waals surface area contributed by atoms with Crippen LogP contribution in [0.2, 0.25) is 0 Å². The van der Waals surface area contributed by atoms with Crippen LogP contribution in [0.25, 0.3) is 10.8 Å². The van der Waals surface area contributed by atoms with Gasteiger partial charge in [-0.05, 0) is 40.1 Å². The highest BCUT2D eigenvalue weighted by Gasteiger charge is 2.36. The number of hydrogen-bond donors (Lipinski definition) is 1. The fourth-order valence-electron chi connectivity index (χ4n) is 4.09. The Balaban J connectivity index is 1.58. The number of aliphatic imine (C=N–C) groups is 1. The Morgan fingerprint density at radius 2 is 1.46 bits per heavy atom. The second-order valence-electron chi connectivity index (χ2n) is 7.84. The van der Waals surface area contributed by atoms with Gasteiger partial charge in [0, 0.05) is 11.1 Å². The van der Waals surface area contributed by atoms with E-state index in [9.17, 15) is 0 Å². The summed E-state index contributed by atoms with van der Waals surface area (Å²) >= 11 is 0. The molecule has 0 bridgehead atoms. The van der Waals surface area contributed by atoms with Crippen molar-refractivity contribution in [2.24, 2.45) is 4.99 Å². The van der Waals surface area contributed by atoms with Crippen molar-refractivity contribution in [1.82, 2.24) is 0 Å². The zero-order valence-electron chi connectivity index (χ0n) is 16.1. The minimum atomic E-state index is -0.127. The highest BCUT2D eigenvalue weighted by Crippen LogP contribution is 2.46. The highest BCUT2D eigenvalue weighted by molar-refractivity contribution is 6.13. The molecule has 5 rings (SSSR count). The molecule has 0 fully saturated rings. The average Bonchev–Trinajstić information content (AvgIpc) is 3.00. The molecule has 2 heteroatoms. The fraction of sp³-hybridized carbons (Fsp3) is 0.115. The molecule has 0 saturated heterocycles. The SMILES string of the molecule is CC1(C)C(c2ccccc2)=Nc2c(Nc3ccc4ccccc4c3)cccc21. The highest BCUT2D eigenvalue weighted by atomic mass is 14.9. The summed E-state index contributed by atoms with van der Waals surface area (Å²) in [5.74, 6) is 0. The predicted molar refractivity (Wildman–Crippen MR) is 119 cm³/mol. The summed E-state index contributed by atoms with van der Waals surface area (Å²) < 4.78 is 0. The Labute approximate surface area is 165 Å². The summed E-state index contributed by atoms with van der Waals surface area (Å²) in [5.41, 5.74) is 6.60. The van der Waals surface area contributed by atoms with Gasteiger partial charge in [0.25, 0.3) is 0 Å². The fourth-order valence-corrected chi connectivity index (χ4v) is 4.09. The lowest BCUT2D eigenvalue weighted by molar-refractivity contribution is 0.738. The summed E-state index contributed by atoms with van der Waals surface area (Å²) in [5, 5.41) is 6.08. The zero-order valence-corrected chi connectivity index (χ0v) is 16.1. The zero-order chi connectivity index (χ0) is 19.1. The van der Waals surface area contributed by atoms with E-state index in [1.54, 1.807) is 0 Å². The molecule has 0 saturated carbocycles. The lowest BCUT2D eigenvalue weighted by atomic mass is 9.79. The minimum absolute atomic E-state index is 0.127. The molecule has 136 valence electrons. The third-order valence-corrected chi connectivity index (χ3v) is 5.60. The van der Waals surface area contributed by atoms with Crippen molar-refractivity contribution >= 4 is 33.5 Å². The van der Waals surface area contributed by atoms with E-state index in [0.29, 0.717) is 0 Å². The molecule has 0 atom stereocenters. The van der Waals surface area contributed by atoms with Crippen LogP contribution < -0.4 is 5.32 Å². The third kappa shape index (κ3) is 2.69. The molecular formula is C26H22N2. The first kappa shape index (κ1) is 16.8. The van der Waals surface area contributed by atoms with E-state index in [1.165, 1.54) is 21.9 Å². The van der Waals surface area contributed by atoms with Crippen LogP contribution in [-0.2, 0) is 5.41 Å². The van der Waals surface area contributed by atoms with Crippen LogP contribution in [0.3, 0.4) is 0 Å². The van der Waals surface area contributed by atoms with Crippen molar-refractivity contribution in [2.45, 2.75) is 19.3 Å². The smallest absolute Gasteiger partial charge is 0.0909 e. The molecule has 28 heavy (non-hydrogen) atoms. The summed E-state index contributed by atoms with van der Waals surface area (Å²) in [6.07, 6.45) is 0. The van der Waals surface area contributed by atoms with Crippen molar-refractivity contribution in [1.29, 1.82) is 0 Å². The molecule has 0 unspecified atom stereocenters. The van der Waals surface area contributed by atoms with Gasteiger partial charge >= 0.3 is 0 Å². The topological polar surface area (TPSA) is 24.4 Å². The van der Waals surface area contributed by atoms with Crippen molar-refractivity contribution in [3.05, 3.63) is 102 Å². The molecular weight excluding hydrogens is 340 g/mol. The van der Waals surface area contributed by atoms with Crippen molar-refractivity contribution in [3.63, 3.8) is 0 Å². The molecule has 2 nitrogen and oxygen atoms in total. The second kappa shape index (κ2) is 6.35. The van der Waals surface area contributed by atoms with E-state index >= 15 is 0 Å². The van der Waals surface area contributed by atoms with Gasteiger partial charge in [0.05, 0.1) is 17.1 Å². The maximum absolute atomic E-state index is 5.09. The number of para-hydroxylation sites is 1. The lowest BCUT2D eigenvalue weighted by Gasteiger charge is -2.22. The van der Waals surface area contributed by atoms with Gasteiger partial charge in [0.2, 0.25) is 0 Å². The summed E-state index contributed by atoms with van der Waals surface area (Å²) in [6, 6.07) is 31.8. The van der Waals surface area contributed by atoms with Gasteiger partial charge < -0.3 is 5.32 Å². The van der Waals surface area contributed by atoms with Crippen molar-refractivity contribution in [2.75, 3.05) is 5.32 Å². The van der Waals surface area contributed by atoms with Gasteiger partial charge in [-0.3, -0.25) is 0 Å². The lowest BCUT2D eigenvalue weighted by Crippen LogP contribution is -2.26. The minimum Gasteiger partial charge on any atom is -0.354 e. The summed E-state index contributed by atoms with van der Waals surface area (Å²) in [6.45, 7) is 4.51. The Morgan fingerprint density at radius 3 is 2.29 bits per heavy atom. The number of nitrogens with zero attached hydrogens (tertiary/aromatic N) is 1. The Kier molecular flexibility index (Phi) is 3.80. The maximum Gasteiger partial charge on any atom is 0.0909 e. The van der Waals surface area contributed by atoms with Crippen LogP contribution in [0.5, 0.6) is 0 Å². The van der Waals surface area contributed by atoms with Crippen LogP contribution in [0, 0.1) is 0 Å². The van der Waals surface area contributed by atoms with E-state index in [-0.39, 0.29) is 5.41 Å². The first-order chi connectivity index (χ1) is 13.6. The van der Waals surface area contributed by atoms with Gasteiger partial charge in [0.15, 0.2) is 0 Å². The maximum atomic E-state index is 5.09. The molecule has 1 aliphatic rings. The quantitative estimate of drug-likeness (QED) is 0.417. The largest absolute Gasteiger partial charge is 0.354 e. The second-order valence-corrected chi connectivity index (χ2v) is 7.84. The summed E-state index contributed by atoms with van der Waals surface area (Å²) in [4.78, 5) is 5.09. The Bertz CT molecular complexity index is 1200. The molecule has 0 spiro atoms. The standard InChI is InChI=1S/C26H22N2/c1-26(2)22-13-8-14-23(24(22)28-25(26)19-10-4-3-5-11-19)27-21-16-15-18-9-6-7-12-20(18)17-21/h3-17,27H,1-2H3. The first-order valence-electron chi connectivity index (χ1n) is 9.67. The van der Waals surface area contributed by atoms with E-state index in [0.717, 1.165) is 22.8 Å². The monoisotopic (exact) mass is 362 g/mol. The number of fused-ring (bicyclic) bond motifs is 2. The van der Waals surface area contributed by atoms with Gasteiger partial charge in [-0.1, -0.05) is 86.6 Å². The van der Waals surface area contributed by atoms with E-state index in [2.05, 4.69) is 104 Å². The number of hydrogen-bond acceptors (Lipinski definition) is 2. The van der Waals surface area contributed by atoms with Crippen LogP contribution in [0.4, 0.5) is 17.1 Å². The van der Waals surface area contributed by atoms with E-state index < -0.39 is 0 Å². The summed E-state index contributed by atoms with van der Waals surface area (Å²) in [7, 11) is 0. The first-order valence-corrected chi connectivity index (χ1v) is 9.67. The van der Waals surface area contributed by atoms with Crippen LogP contribution in [0.15, 0.2) is 96.0 Å².